The van der Waals surface area contributed by atoms with Gasteiger partial charge in [-0.05, 0) is 37.8 Å². The van der Waals surface area contributed by atoms with Gasteiger partial charge in [0.15, 0.2) is 5.69 Å². The molecule has 0 aromatic carbocycles. The summed E-state index contributed by atoms with van der Waals surface area (Å²) in [5.41, 5.74) is 1.37. The monoisotopic (exact) mass is 325 g/mol. The van der Waals surface area contributed by atoms with Crippen LogP contribution < -0.4 is 0 Å². The molecule has 2 aliphatic carbocycles. The van der Waals surface area contributed by atoms with Crippen molar-refractivity contribution in [1.29, 1.82) is 0 Å². The molecule has 0 bridgehead atoms. The number of carbonyl (C=O) groups is 1. The number of carbonyl (C=O) groups excluding carboxylic acids is 1. The van der Waals surface area contributed by atoms with Crippen molar-refractivity contribution in [2.45, 2.75) is 63.6 Å². The Hall–Kier alpha value is -2.24. The zero-order valence-electron chi connectivity index (χ0n) is 13.8. The lowest BCUT2D eigenvalue weighted by molar-refractivity contribution is 0.0607. The van der Waals surface area contributed by atoms with Crippen LogP contribution in [0, 0.1) is 0 Å². The first kappa shape index (κ1) is 15.3. The van der Waals surface area contributed by atoms with E-state index in [4.69, 9.17) is 0 Å². The van der Waals surface area contributed by atoms with Gasteiger partial charge in [-0.1, -0.05) is 30.5 Å². The van der Waals surface area contributed by atoms with E-state index in [0.29, 0.717) is 24.3 Å². The van der Waals surface area contributed by atoms with Crippen molar-refractivity contribution in [3.63, 3.8) is 0 Å². The zero-order chi connectivity index (χ0) is 16.4. The third-order valence-corrected chi connectivity index (χ3v) is 4.95. The van der Waals surface area contributed by atoms with Crippen LogP contribution in [0.15, 0.2) is 30.6 Å². The smallest absolute Gasteiger partial charge is 0.276 e. The average Bonchev–Trinajstić information content (AvgIpc) is 3.34. The van der Waals surface area contributed by atoms with E-state index in [9.17, 15) is 4.79 Å². The van der Waals surface area contributed by atoms with Crippen LogP contribution >= 0.6 is 0 Å². The Morgan fingerprint density at radius 1 is 1.12 bits per heavy atom. The molecule has 2 fully saturated rings. The topological polar surface area (TPSA) is 63.9 Å². The molecule has 1 amide bonds. The van der Waals surface area contributed by atoms with Gasteiger partial charge in [0.2, 0.25) is 0 Å². The maximum absolute atomic E-state index is 13.0. The van der Waals surface area contributed by atoms with E-state index in [1.807, 2.05) is 18.2 Å². The van der Waals surface area contributed by atoms with Gasteiger partial charge in [-0.3, -0.25) is 9.78 Å². The van der Waals surface area contributed by atoms with Gasteiger partial charge in [-0.25, -0.2) is 4.68 Å². The molecule has 0 aliphatic heterocycles. The lowest BCUT2D eigenvalue weighted by Crippen LogP contribution is -2.43. The number of pyridine rings is 1. The molecule has 0 radical (unpaired) electrons. The Bertz CT molecular complexity index is 688. The van der Waals surface area contributed by atoms with Gasteiger partial charge in [0, 0.05) is 18.3 Å². The second kappa shape index (κ2) is 6.71. The van der Waals surface area contributed by atoms with Gasteiger partial charge in [0.1, 0.15) is 0 Å². The van der Waals surface area contributed by atoms with Crippen molar-refractivity contribution in [3.8, 4) is 0 Å². The first-order chi connectivity index (χ1) is 11.8. The second-order valence-electron chi connectivity index (χ2n) is 6.86. The molecular formula is C18H23N5O. The number of hydrogen-bond donors (Lipinski definition) is 0. The van der Waals surface area contributed by atoms with Crippen LogP contribution in [0.4, 0.5) is 0 Å². The predicted molar refractivity (Wildman–Crippen MR) is 89.4 cm³/mol. The van der Waals surface area contributed by atoms with Crippen molar-refractivity contribution in [2.75, 3.05) is 0 Å². The fourth-order valence-corrected chi connectivity index (χ4v) is 3.61. The Labute approximate surface area is 141 Å². The fraction of sp³-hybridized carbons (Fsp3) is 0.556. The van der Waals surface area contributed by atoms with E-state index in [-0.39, 0.29) is 5.91 Å². The molecule has 6 heteroatoms. The van der Waals surface area contributed by atoms with E-state index in [1.165, 1.54) is 19.3 Å². The largest absolute Gasteiger partial charge is 0.331 e. The van der Waals surface area contributed by atoms with Crippen molar-refractivity contribution >= 4 is 5.91 Å². The first-order valence-electron chi connectivity index (χ1n) is 8.94. The molecule has 24 heavy (non-hydrogen) atoms. The third-order valence-electron chi connectivity index (χ3n) is 4.95. The van der Waals surface area contributed by atoms with Gasteiger partial charge in [0.05, 0.1) is 18.4 Å². The van der Waals surface area contributed by atoms with Crippen LogP contribution in [-0.2, 0) is 6.54 Å². The summed E-state index contributed by atoms with van der Waals surface area (Å²) in [6.45, 7) is 0.536. The predicted octanol–water partition coefficient (Wildman–Crippen LogP) is 2.66. The summed E-state index contributed by atoms with van der Waals surface area (Å²) in [5.74, 6) is 0.0525. The van der Waals surface area contributed by atoms with Crippen LogP contribution in [0.2, 0.25) is 0 Å². The number of hydrogen-bond acceptors (Lipinski definition) is 4. The van der Waals surface area contributed by atoms with Crippen LogP contribution in [0.1, 0.15) is 61.1 Å². The molecule has 126 valence electrons. The molecule has 0 atom stereocenters. The molecule has 0 unspecified atom stereocenters. The summed E-state index contributed by atoms with van der Waals surface area (Å²) < 4.78 is 1.70. The lowest BCUT2D eigenvalue weighted by Gasteiger charge is -2.34. The fourth-order valence-electron chi connectivity index (χ4n) is 3.61. The van der Waals surface area contributed by atoms with Crippen molar-refractivity contribution in [2.24, 2.45) is 0 Å². The number of nitrogens with zero attached hydrogens (tertiary/aromatic N) is 5. The Morgan fingerprint density at radius 2 is 1.92 bits per heavy atom. The van der Waals surface area contributed by atoms with Gasteiger partial charge in [0.25, 0.3) is 5.91 Å². The first-order valence-corrected chi connectivity index (χ1v) is 8.94. The molecule has 0 N–H and O–H groups in total. The molecular weight excluding hydrogens is 302 g/mol. The minimum absolute atomic E-state index is 0.0525. The number of amides is 1. The summed E-state index contributed by atoms with van der Waals surface area (Å²) >= 11 is 0. The summed E-state index contributed by atoms with van der Waals surface area (Å²) in [5, 5.41) is 8.25. The van der Waals surface area contributed by atoms with Crippen LogP contribution in [0.5, 0.6) is 0 Å². The molecule has 2 aromatic heterocycles. The Morgan fingerprint density at radius 3 is 2.62 bits per heavy atom. The Balaban J connectivity index is 1.48. The van der Waals surface area contributed by atoms with E-state index in [2.05, 4.69) is 20.2 Å². The Kier molecular flexibility index (Phi) is 4.28. The summed E-state index contributed by atoms with van der Waals surface area (Å²) in [4.78, 5) is 19.4. The van der Waals surface area contributed by atoms with Crippen LogP contribution in [0.25, 0.3) is 0 Å². The molecule has 2 aliphatic rings. The minimum atomic E-state index is 0.0525. The molecule has 0 spiro atoms. The van der Waals surface area contributed by atoms with Crippen LogP contribution in [0.3, 0.4) is 0 Å². The normalized spacial score (nSPS) is 18.5. The standard InChI is InChI=1S/C18H23N5O/c24-18(23(16-9-10-16)15-7-2-1-3-8-15)17-13-22(21-20-17)12-14-6-4-5-11-19-14/h4-6,11,13,15-16H,1-3,7-10,12H2. The number of aromatic nitrogens is 4. The molecule has 2 aromatic rings. The molecule has 6 nitrogen and oxygen atoms in total. The summed E-state index contributed by atoms with van der Waals surface area (Å²) in [7, 11) is 0. The summed E-state index contributed by atoms with van der Waals surface area (Å²) in [6, 6.07) is 6.59. The summed E-state index contributed by atoms with van der Waals surface area (Å²) in [6.07, 6.45) is 11.8. The zero-order valence-corrected chi connectivity index (χ0v) is 13.8. The molecule has 2 saturated carbocycles. The average molecular weight is 325 g/mol. The number of rotatable bonds is 5. The highest BCUT2D eigenvalue weighted by Crippen LogP contribution is 2.34. The molecule has 4 rings (SSSR count). The second-order valence-corrected chi connectivity index (χ2v) is 6.86. The van der Waals surface area contributed by atoms with Crippen molar-refractivity contribution < 1.29 is 4.79 Å². The van der Waals surface area contributed by atoms with E-state index in [0.717, 1.165) is 31.4 Å². The lowest BCUT2D eigenvalue weighted by atomic mass is 9.94. The highest BCUT2D eigenvalue weighted by atomic mass is 16.2. The maximum Gasteiger partial charge on any atom is 0.276 e. The van der Waals surface area contributed by atoms with Crippen LogP contribution in [-0.4, -0.2) is 42.9 Å². The molecule has 2 heterocycles. The van der Waals surface area contributed by atoms with Gasteiger partial charge in [-0.15, -0.1) is 5.10 Å². The highest BCUT2D eigenvalue weighted by Gasteiger charge is 2.38. The van der Waals surface area contributed by atoms with Gasteiger partial charge >= 0.3 is 0 Å². The van der Waals surface area contributed by atoms with E-state index < -0.39 is 0 Å². The molecule has 0 saturated heterocycles. The third kappa shape index (κ3) is 3.32. The van der Waals surface area contributed by atoms with Gasteiger partial charge in [-0.2, -0.15) is 0 Å². The van der Waals surface area contributed by atoms with E-state index in [1.54, 1.807) is 17.1 Å². The SMILES string of the molecule is O=C(c1cn(Cc2ccccn2)nn1)N(C1CCCCC1)C1CC1. The van der Waals surface area contributed by atoms with Crippen molar-refractivity contribution in [3.05, 3.63) is 42.0 Å². The van der Waals surface area contributed by atoms with E-state index >= 15 is 0 Å². The minimum Gasteiger partial charge on any atom is -0.331 e. The van der Waals surface area contributed by atoms with Crippen molar-refractivity contribution in [1.82, 2.24) is 24.9 Å². The quantitative estimate of drug-likeness (QED) is 0.848. The van der Waals surface area contributed by atoms with Gasteiger partial charge < -0.3 is 4.90 Å². The maximum atomic E-state index is 13.0. The highest BCUT2D eigenvalue weighted by molar-refractivity contribution is 5.92.